The predicted octanol–water partition coefficient (Wildman–Crippen LogP) is 3.51. The fourth-order valence-electron chi connectivity index (χ4n) is 4.05. The van der Waals surface area contributed by atoms with Crippen LogP contribution in [-0.2, 0) is 0 Å². The van der Waals surface area contributed by atoms with Crippen LogP contribution in [0.5, 0.6) is 5.75 Å². The highest BCUT2D eigenvalue weighted by Crippen LogP contribution is 2.46. The van der Waals surface area contributed by atoms with Gasteiger partial charge in [-0.25, -0.2) is 0 Å². The Morgan fingerprint density at radius 1 is 0.941 bits per heavy atom. The Labute approximate surface area is 105 Å². The minimum atomic E-state index is 0.836. The van der Waals surface area contributed by atoms with Gasteiger partial charge in [-0.15, -0.1) is 0 Å². The molecule has 2 bridgehead atoms. The average Bonchev–Trinajstić information content (AvgIpc) is 2.38. The number of ether oxygens (including phenoxy) is 1. The van der Waals surface area contributed by atoms with Crippen LogP contribution in [0.3, 0.4) is 0 Å². The molecular formula is C15H21BO. The van der Waals surface area contributed by atoms with Crippen LogP contribution in [0.25, 0.3) is 0 Å². The van der Waals surface area contributed by atoms with Crippen LogP contribution in [0.15, 0.2) is 24.3 Å². The van der Waals surface area contributed by atoms with Gasteiger partial charge in [-0.2, -0.15) is 0 Å². The number of fused-ring (bicyclic) bond motifs is 2. The number of methoxy groups -OCH3 is 1. The van der Waals surface area contributed by atoms with Crippen molar-refractivity contribution in [2.75, 3.05) is 7.11 Å². The SMILES string of the molecule is COc1ccc(B2C3CCCC2CCC3)cc1. The van der Waals surface area contributed by atoms with Gasteiger partial charge in [-0.1, -0.05) is 67.8 Å². The first kappa shape index (κ1) is 11.2. The third-order valence-electron chi connectivity index (χ3n) is 4.82. The smallest absolute Gasteiger partial charge is 0.182 e. The van der Waals surface area contributed by atoms with E-state index in [1.54, 1.807) is 12.6 Å². The van der Waals surface area contributed by atoms with Gasteiger partial charge in [0, 0.05) is 0 Å². The molecule has 1 aromatic carbocycles. The van der Waals surface area contributed by atoms with E-state index in [9.17, 15) is 0 Å². The molecule has 2 heterocycles. The Morgan fingerprint density at radius 3 is 1.94 bits per heavy atom. The summed E-state index contributed by atoms with van der Waals surface area (Å²) in [6.07, 6.45) is 8.73. The minimum Gasteiger partial charge on any atom is -0.497 e. The number of hydrogen-bond donors (Lipinski definition) is 0. The van der Waals surface area contributed by atoms with Crippen LogP contribution in [0.1, 0.15) is 38.5 Å². The summed E-state index contributed by atoms with van der Waals surface area (Å²) in [5.41, 5.74) is 1.56. The first-order chi connectivity index (χ1) is 8.38. The molecule has 0 unspecified atom stereocenters. The molecule has 0 aliphatic carbocycles. The highest BCUT2D eigenvalue weighted by Gasteiger charge is 2.39. The molecule has 1 aromatic rings. The lowest BCUT2D eigenvalue weighted by Gasteiger charge is -2.40. The molecule has 0 atom stereocenters. The Hall–Kier alpha value is -0.915. The van der Waals surface area contributed by atoms with Gasteiger partial charge in [0.05, 0.1) is 7.11 Å². The van der Waals surface area contributed by atoms with Gasteiger partial charge in [-0.05, 0) is 12.1 Å². The predicted molar refractivity (Wildman–Crippen MR) is 73.6 cm³/mol. The van der Waals surface area contributed by atoms with Crippen molar-refractivity contribution in [2.24, 2.45) is 0 Å². The van der Waals surface area contributed by atoms with Gasteiger partial charge in [0.15, 0.2) is 6.71 Å². The summed E-state index contributed by atoms with van der Waals surface area (Å²) in [5.74, 6) is 2.89. The van der Waals surface area contributed by atoms with Crippen molar-refractivity contribution >= 4 is 12.2 Å². The second-order valence-electron chi connectivity index (χ2n) is 5.68. The standard InChI is InChI=1S/C15H21BO/c1-17-15-10-8-14(9-11-15)16-12-4-2-5-13(16)7-3-6-12/h8-13H,2-7H2,1H3. The summed E-state index contributed by atoms with van der Waals surface area (Å²) in [6, 6.07) is 8.83. The van der Waals surface area contributed by atoms with Gasteiger partial charge >= 0.3 is 0 Å². The molecule has 0 radical (unpaired) electrons. The van der Waals surface area contributed by atoms with Crippen molar-refractivity contribution in [1.82, 2.24) is 0 Å². The zero-order chi connectivity index (χ0) is 11.7. The van der Waals surface area contributed by atoms with E-state index in [-0.39, 0.29) is 0 Å². The molecule has 17 heavy (non-hydrogen) atoms. The molecule has 0 aromatic heterocycles. The van der Waals surface area contributed by atoms with Gasteiger partial charge in [0.2, 0.25) is 0 Å². The van der Waals surface area contributed by atoms with E-state index in [4.69, 9.17) is 4.74 Å². The lowest BCUT2D eigenvalue weighted by molar-refractivity contribution is 0.415. The molecular weight excluding hydrogens is 207 g/mol. The molecule has 2 saturated heterocycles. The van der Waals surface area contributed by atoms with Crippen molar-refractivity contribution in [3.05, 3.63) is 24.3 Å². The van der Waals surface area contributed by atoms with Crippen LogP contribution in [-0.4, -0.2) is 13.8 Å². The Kier molecular flexibility index (Phi) is 3.13. The zero-order valence-corrected chi connectivity index (χ0v) is 10.7. The van der Waals surface area contributed by atoms with Crippen LogP contribution in [0, 0.1) is 0 Å². The average molecular weight is 228 g/mol. The number of benzene rings is 1. The lowest BCUT2D eigenvalue weighted by Crippen LogP contribution is -2.44. The van der Waals surface area contributed by atoms with Crippen LogP contribution >= 0.6 is 0 Å². The Bertz CT molecular complexity index is 351. The summed E-state index contributed by atoms with van der Waals surface area (Å²) in [7, 11) is 1.74. The van der Waals surface area contributed by atoms with E-state index in [0.29, 0.717) is 0 Å². The van der Waals surface area contributed by atoms with Gasteiger partial charge in [0.25, 0.3) is 0 Å². The molecule has 2 fully saturated rings. The molecule has 0 N–H and O–H groups in total. The van der Waals surface area contributed by atoms with E-state index >= 15 is 0 Å². The van der Waals surface area contributed by atoms with E-state index in [1.807, 2.05) is 0 Å². The first-order valence-corrected chi connectivity index (χ1v) is 7.02. The number of hydrogen-bond acceptors (Lipinski definition) is 1. The van der Waals surface area contributed by atoms with E-state index in [0.717, 1.165) is 24.1 Å². The van der Waals surface area contributed by atoms with Gasteiger partial charge < -0.3 is 4.74 Å². The normalized spacial score (nSPS) is 27.9. The molecule has 90 valence electrons. The Morgan fingerprint density at radius 2 is 1.47 bits per heavy atom. The van der Waals surface area contributed by atoms with Crippen LogP contribution in [0.2, 0.25) is 11.6 Å². The largest absolute Gasteiger partial charge is 0.497 e. The summed E-state index contributed by atoms with van der Waals surface area (Å²) >= 11 is 0. The quantitative estimate of drug-likeness (QED) is 0.704. The maximum absolute atomic E-state index is 5.25. The monoisotopic (exact) mass is 228 g/mol. The molecule has 0 saturated carbocycles. The van der Waals surface area contributed by atoms with Crippen molar-refractivity contribution < 1.29 is 4.74 Å². The zero-order valence-electron chi connectivity index (χ0n) is 10.7. The van der Waals surface area contributed by atoms with Crippen molar-refractivity contribution in [3.63, 3.8) is 0 Å². The number of rotatable bonds is 2. The summed E-state index contributed by atoms with van der Waals surface area (Å²) in [4.78, 5) is 0. The Balaban J connectivity index is 1.85. The molecule has 2 heteroatoms. The fraction of sp³-hybridized carbons (Fsp3) is 0.600. The topological polar surface area (TPSA) is 9.23 Å². The maximum atomic E-state index is 5.25. The maximum Gasteiger partial charge on any atom is 0.182 e. The van der Waals surface area contributed by atoms with E-state index < -0.39 is 0 Å². The molecule has 1 nitrogen and oxygen atoms in total. The molecule has 2 aliphatic rings. The van der Waals surface area contributed by atoms with Crippen molar-refractivity contribution in [2.45, 2.75) is 50.2 Å². The van der Waals surface area contributed by atoms with Gasteiger partial charge in [0.1, 0.15) is 5.75 Å². The first-order valence-electron chi connectivity index (χ1n) is 7.02. The second kappa shape index (κ2) is 4.76. The van der Waals surface area contributed by atoms with Crippen LogP contribution in [0.4, 0.5) is 0 Å². The van der Waals surface area contributed by atoms with Crippen LogP contribution < -0.4 is 10.2 Å². The van der Waals surface area contributed by atoms with Crippen molar-refractivity contribution in [3.8, 4) is 5.75 Å². The minimum absolute atomic E-state index is 0.836. The highest BCUT2D eigenvalue weighted by atomic mass is 16.5. The third-order valence-corrected chi connectivity index (χ3v) is 4.82. The van der Waals surface area contributed by atoms with E-state index in [1.165, 1.54) is 38.5 Å². The lowest BCUT2D eigenvalue weighted by atomic mass is 9.25. The van der Waals surface area contributed by atoms with E-state index in [2.05, 4.69) is 24.3 Å². The molecule has 3 rings (SSSR count). The van der Waals surface area contributed by atoms with Crippen molar-refractivity contribution in [1.29, 1.82) is 0 Å². The summed E-state index contributed by atoms with van der Waals surface area (Å²) in [6.45, 7) is 0.836. The molecule has 2 aliphatic heterocycles. The highest BCUT2D eigenvalue weighted by molar-refractivity contribution is 6.76. The fourth-order valence-corrected chi connectivity index (χ4v) is 4.05. The molecule has 0 spiro atoms. The molecule has 0 amide bonds. The second-order valence-corrected chi connectivity index (χ2v) is 5.68. The van der Waals surface area contributed by atoms with Gasteiger partial charge in [-0.3, -0.25) is 0 Å². The summed E-state index contributed by atoms with van der Waals surface area (Å²) in [5, 5.41) is 0. The third kappa shape index (κ3) is 2.10. The summed E-state index contributed by atoms with van der Waals surface area (Å²) < 4.78 is 5.25.